The van der Waals surface area contributed by atoms with E-state index in [1.54, 1.807) is 0 Å². The van der Waals surface area contributed by atoms with E-state index < -0.39 is 18.3 Å². The Balaban J connectivity index is 0.000000112. The third-order valence-corrected chi connectivity index (χ3v) is 27.9. The van der Waals surface area contributed by atoms with E-state index in [1.807, 2.05) is 20.8 Å². The minimum Gasteiger partial charge on any atom is -0.395 e. The van der Waals surface area contributed by atoms with Crippen LogP contribution in [0.3, 0.4) is 0 Å². The van der Waals surface area contributed by atoms with E-state index in [1.165, 1.54) is 229 Å². The first kappa shape index (κ1) is 70.9. The molecule has 1 aliphatic heterocycles. The summed E-state index contributed by atoms with van der Waals surface area (Å²) in [6, 6.07) is 126. The Labute approximate surface area is 690 Å². The van der Waals surface area contributed by atoms with Gasteiger partial charge in [0.1, 0.15) is 5.60 Å². The Morgan fingerprint density at radius 2 is 0.556 bits per heavy atom. The molecule has 0 radical (unpaired) electrons. The third-order valence-electron chi connectivity index (χ3n) is 27.2. The smallest absolute Gasteiger partial charge is 0.395 e. The number of benzene rings is 22. The summed E-state index contributed by atoms with van der Waals surface area (Å²) in [5.74, 6) is 0. The second-order valence-corrected chi connectivity index (χ2v) is 35.3. The predicted octanol–water partition coefficient (Wildman–Crippen LogP) is 31.2. The minimum atomic E-state index is -0.602. The van der Waals surface area contributed by atoms with Crippen LogP contribution < -0.4 is 5.46 Å². The van der Waals surface area contributed by atoms with Gasteiger partial charge in [0.2, 0.25) is 5.60 Å². The maximum Gasteiger partial charge on any atom is 0.498 e. The van der Waals surface area contributed by atoms with Crippen molar-refractivity contribution in [1.29, 1.82) is 0 Å². The van der Waals surface area contributed by atoms with Crippen molar-refractivity contribution in [3.05, 3.63) is 373 Å². The van der Waals surface area contributed by atoms with Crippen molar-refractivity contribution in [1.82, 2.24) is 0 Å². The van der Waals surface area contributed by atoms with E-state index in [9.17, 15) is 0 Å². The molecule has 0 saturated carbocycles. The van der Waals surface area contributed by atoms with Crippen molar-refractivity contribution in [2.24, 2.45) is 0 Å². The lowest BCUT2D eigenvalue weighted by Gasteiger charge is -2.25. The Hall–Kier alpha value is -12.7. The highest BCUT2D eigenvalue weighted by Gasteiger charge is 2.57. The molecule has 0 amide bonds. The number of hydrogen-bond donors (Lipinski definition) is 0. The first-order chi connectivity index (χ1) is 56.4. The topological polar surface area (TPSA) is 18.5 Å². The monoisotopic (exact) mass is 1560 g/mol. The fourth-order valence-corrected chi connectivity index (χ4v) is 21.2. The average Bonchev–Trinajstić information content (AvgIpc) is 1.53. The maximum absolute atomic E-state index is 6.33. The van der Waals surface area contributed by atoms with Crippen molar-refractivity contribution < 1.29 is 9.31 Å². The SMILES string of the molecule is Brc1ccc2ccc3c(-c4cccc5ccccc45)ccc4ccc1c2c43.C.CC1(C)c2cc(-c3ccc4ccc5c(-c6cccc7ccccc67)ccc6ccc3c4c65)ccc2-c2cc3c4ccccc4c4ccccc4c3cc21.[CH2+]C1(C)OB(c2ccc3c(c2)C(C)(C)c2cc4c5ccccc5c5ccccc5c4cc2-3)OC1(C)C. The zero-order chi connectivity index (χ0) is 78.0. The molecule has 1 atom stereocenters. The molecule has 117 heavy (non-hydrogen) atoms. The van der Waals surface area contributed by atoms with Gasteiger partial charge in [-0.15, -0.1) is 0 Å². The summed E-state index contributed by atoms with van der Waals surface area (Å²) in [6.45, 7) is 19.9. The van der Waals surface area contributed by atoms with Crippen LogP contribution in [0.25, 0.3) is 206 Å². The summed E-state index contributed by atoms with van der Waals surface area (Å²) in [6.07, 6.45) is 0. The Kier molecular flexibility index (Phi) is 15.7. The van der Waals surface area contributed by atoms with Crippen molar-refractivity contribution in [2.45, 2.75) is 77.9 Å². The number of halogens is 1. The van der Waals surface area contributed by atoms with Crippen LogP contribution in [0.4, 0.5) is 0 Å². The van der Waals surface area contributed by atoms with E-state index in [0.29, 0.717) is 0 Å². The van der Waals surface area contributed by atoms with E-state index in [0.717, 1.165) is 9.94 Å². The molecular weight excluding hydrogens is 1480 g/mol. The van der Waals surface area contributed by atoms with Gasteiger partial charge in [0, 0.05) is 22.2 Å². The highest BCUT2D eigenvalue weighted by Crippen LogP contribution is 2.56. The lowest BCUT2D eigenvalue weighted by atomic mass is 9.74. The van der Waals surface area contributed by atoms with Crippen molar-refractivity contribution in [3.63, 3.8) is 0 Å². The van der Waals surface area contributed by atoms with Gasteiger partial charge < -0.3 is 9.31 Å². The van der Waals surface area contributed by atoms with Crippen LogP contribution in [0.15, 0.2) is 344 Å². The lowest BCUT2D eigenvalue weighted by Crippen LogP contribution is -2.42. The van der Waals surface area contributed by atoms with Gasteiger partial charge in [-0.2, -0.15) is 0 Å². The van der Waals surface area contributed by atoms with Crippen molar-refractivity contribution in [3.8, 4) is 55.6 Å². The number of hydrogen-bond acceptors (Lipinski definition) is 2. The standard InChI is InChI=1S/C53H34.C33H30BO2.C26H15Br.CH4/c1-53(2)49-28-34(22-25-43(49)48-29-46-40-15-7-5-13-38(40)39-14-6-8-16-41(39)47(46)30-50(48)53)36-23-18-32-21-27-45-42(24-19-33-20-26-44(36)51(32)52(33)45)37-17-9-11-31-10-3-4-12-35(31)37;1-31(2)29-17-20(34-35-32(3,4)33(5,6)36-34)15-16-25(29)28-18-26-23-13-9-7-11-21(23)22-12-8-10-14-24(22)27(26)19-30(28)31;27-24-15-11-18-9-13-22-21(12-8-17-10-14-23(24)26(18)25(17)22)20-7-3-5-16-4-1-2-6-19(16)20;/h3-30H,1-2H3;7-19H,3H2,1-2,4-6H3;1-15H;1H4/q;+1;;. The molecule has 2 nitrogen and oxygen atoms in total. The summed E-state index contributed by atoms with van der Waals surface area (Å²) >= 11 is 3.74. The molecule has 1 heterocycles. The fraction of sp³-hybridized carbons (Fsp3) is 0.106. The van der Waals surface area contributed by atoms with E-state index in [-0.39, 0.29) is 18.3 Å². The Morgan fingerprint density at radius 3 is 0.991 bits per heavy atom. The van der Waals surface area contributed by atoms with Gasteiger partial charge in [-0.25, -0.2) is 0 Å². The van der Waals surface area contributed by atoms with Crippen LogP contribution in [-0.4, -0.2) is 18.3 Å². The molecule has 0 aromatic heterocycles. The van der Waals surface area contributed by atoms with Crippen molar-refractivity contribution >= 4 is 179 Å². The van der Waals surface area contributed by atoms with E-state index >= 15 is 0 Å². The van der Waals surface area contributed by atoms with Gasteiger partial charge in [-0.3, -0.25) is 0 Å². The molecule has 1 saturated heterocycles. The quantitative estimate of drug-likeness (QED) is 0.0993. The molecule has 3 aliphatic rings. The van der Waals surface area contributed by atoms with Gasteiger partial charge >= 0.3 is 7.12 Å². The van der Waals surface area contributed by atoms with Gasteiger partial charge in [0.05, 0.1) is 6.92 Å². The molecule has 556 valence electrons. The zero-order valence-electron chi connectivity index (χ0n) is 65.8. The molecule has 22 aromatic rings. The molecule has 4 heteroatoms. The molecule has 2 aliphatic carbocycles. The predicted molar refractivity (Wildman–Crippen MR) is 508 cm³/mol. The molecule has 22 aromatic carbocycles. The van der Waals surface area contributed by atoms with E-state index in [2.05, 4.69) is 390 Å². The summed E-state index contributed by atoms with van der Waals surface area (Å²) in [5, 5.41) is 36.8. The second-order valence-electron chi connectivity index (χ2n) is 34.5. The average molecular weight is 1560 g/mol. The minimum absolute atomic E-state index is 0. The molecule has 0 bridgehead atoms. The van der Waals surface area contributed by atoms with Gasteiger partial charge in [0.25, 0.3) is 0 Å². The van der Waals surface area contributed by atoms with Gasteiger partial charge in [0.15, 0.2) is 0 Å². The summed E-state index contributed by atoms with van der Waals surface area (Å²) in [5.41, 5.74) is 18.3. The van der Waals surface area contributed by atoms with Crippen LogP contribution >= 0.6 is 15.9 Å². The maximum atomic E-state index is 6.33. The molecular formula is C113H83BBrO2+. The highest BCUT2D eigenvalue weighted by atomic mass is 79.9. The number of fused-ring (bicyclic) bond motifs is 20. The first-order valence-electron chi connectivity index (χ1n) is 40.7. The largest absolute Gasteiger partial charge is 0.498 e. The Morgan fingerprint density at radius 1 is 0.239 bits per heavy atom. The zero-order valence-corrected chi connectivity index (χ0v) is 67.4. The summed E-state index contributed by atoms with van der Waals surface area (Å²) < 4.78 is 13.8. The van der Waals surface area contributed by atoms with Crippen molar-refractivity contribution in [2.75, 3.05) is 0 Å². The van der Waals surface area contributed by atoms with Crippen LogP contribution in [-0.2, 0) is 20.1 Å². The molecule has 1 unspecified atom stereocenters. The molecule has 0 N–H and O–H groups in total. The lowest BCUT2D eigenvalue weighted by molar-refractivity contribution is 0.0262. The van der Waals surface area contributed by atoms with Gasteiger partial charge in [-0.05, 0) is 284 Å². The third kappa shape index (κ3) is 10.5. The molecule has 25 rings (SSSR count). The normalized spacial score (nSPS) is 15.6. The number of rotatable bonds is 4. The highest BCUT2D eigenvalue weighted by molar-refractivity contribution is 9.10. The molecule has 1 fully saturated rings. The van der Waals surface area contributed by atoms with Crippen LogP contribution in [0.5, 0.6) is 0 Å². The van der Waals surface area contributed by atoms with Crippen LogP contribution in [0.2, 0.25) is 0 Å². The second kappa shape index (κ2) is 25.9. The molecule has 0 spiro atoms. The summed E-state index contributed by atoms with van der Waals surface area (Å²) in [7, 11) is -0.417. The first-order valence-corrected chi connectivity index (χ1v) is 41.5. The van der Waals surface area contributed by atoms with Crippen LogP contribution in [0, 0.1) is 6.92 Å². The van der Waals surface area contributed by atoms with Crippen LogP contribution in [0.1, 0.15) is 78.1 Å². The summed E-state index contributed by atoms with van der Waals surface area (Å²) in [4.78, 5) is 0. The van der Waals surface area contributed by atoms with E-state index in [4.69, 9.17) is 9.31 Å². The Bertz CT molecular complexity index is 7970. The van der Waals surface area contributed by atoms with Gasteiger partial charge in [-0.1, -0.05) is 354 Å². The fourth-order valence-electron chi connectivity index (χ4n) is 20.7.